The Labute approximate surface area is 182 Å². The number of hydrogen-bond acceptors (Lipinski definition) is 3. The van der Waals surface area contributed by atoms with Crippen LogP contribution in [-0.2, 0) is 6.54 Å². The van der Waals surface area contributed by atoms with E-state index in [9.17, 15) is 28.3 Å². The zero-order valence-electron chi connectivity index (χ0n) is 17.4. The number of fused-ring (bicyclic) bond motifs is 1. The Morgan fingerprint density at radius 2 is 1.59 bits per heavy atom. The summed E-state index contributed by atoms with van der Waals surface area (Å²) < 4.78 is 26.9. The predicted molar refractivity (Wildman–Crippen MR) is 116 cm³/mol. The van der Waals surface area contributed by atoms with Crippen molar-refractivity contribution in [2.75, 3.05) is 4.90 Å². The fraction of sp³-hybridized carbons (Fsp3) is 0.125. The normalized spacial score (nSPS) is 12.1. The van der Waals surface area contributed by atoms with Gasteiger partial charge < -0.3 is 15.7 Å². The molecule has 0 bridgehead atoms. The van der Waals surface area contributed by atoms with Crippen LogP contribution in [0.4, 0.5) is 14.5 Å². The molecule has 0 aromatic heterocycles. The molecule has 1 aliphatic rings. The lowest BCUT2D eigenvalue weighted by Crippen LogP contribution is -2.25. The van der Waals surface area contributed by atoms with E-state index in [4.69, 9.17) is 5.73 Å². The summed E-state index contributed by atoms with van der Waals surface area (Å²) in [5.74, 6) is -4.46. The van der Waals surface area contributed by atoms with Crippen LogP contribution in [0, 0.1) is 11.6 Å². The number of carboxylic acids is 1. The number of amides is 2. The zero-order chi connectivity index (χ0) is 23.6. The lowest BCUT2D eigenvalue weighted by Gasteiger charge is -2.19. The number of halogens is 2. The van der Waals surface area contributed by atoms with Gasteiger partial charge in [-0.2, -0.15) is 0 Å². The number of carbonyl (C=O) groups is 3. The molecule has 0 saturated heterocycles. The minimum atomic E-state index is -1.25. The standard InChI is InChI=1S/C22H14F2N2O4.C2H6/c23-17-6-4-11(8-18(17)24)12-3-5-15(22(29)30)19(9-12)26-10-14-2-1-13(20(25)27)7-16(14)21(26)28;1-2/h1-9H,10H2,(H2,25,27)(H,29,30);1-2H3. The second-order valence-electron chi connectivity index (χ2n) is 6.79. The topological polar surface area (TPSA) is 101 Å². The van der Waals surface area contributed by atoms with E-state index in [1.807, 2.05) is 13.8 Å². The lowest BCUT2D eigenvalue weighted by atomic mass is 10.0. The molecule has 164 valence electrons. The maximum absolute atomic E-state index is 13.6. The van der Waals surface area contributed by atoms with Gasteiger partial charge in [0.05, 0.1) is 17.8 Å². The summed E-state index contributed by atoms with van der Waals surface area (Å²) in [7, 11) is 0. The summed E-state index contributed by atoms with van der Waals surface area (Å²) in [6.45, 7) is 4.09. The van der Waals surface area contributed by atoms with Gasteiger partial charge in [0.2, 0.25) is 5.91 Å². The smallest absolute Gasteiger partial charge is 0.337 e. The van der Waals surface area contributed by atoms with E-state index < -0.39 is 29.4 Å². The Balaban J connectivity index is 0.00000141. The first-order chi connectivity index (χ1) is 15.3. The van der Waals surface area contributed by atoms with Crippen molar-refractivity contribution in [3.63, 3.8) is 0 Å². The Kier molecular flexibility index (Phi) is 6.34. The van der Waals surface area contributed by atoms with Crippen LogP contribution in [0.1, 0.15) is 50.5 Å². The number of carboxylic acid groups (broad SMARTS) is 1. The number of nitrogens with zero attached hydrogens (tertiary/aromatic N) is 1. The third kappa shape index (κ3) is 4.07. The highest BCUT2D eigenvalue weighted by atomic mass is 19.2. The number of anilines is 1. The monoisotopic (exact) mass is 438 g/mol. The Morgan fingerprint density at radius 1 is 0.938 bits per heavy atom. The second-order valence-corrected chi connectivity index (χ2v) is 6.79. The van der Waals surface area contributed by atoms with Crippen molar-refractivity contribution in [2.24, 2.45) is 5.73 Å². The van der Waals surface area contributed by atoms with Crippen molar-refractivity contribution in [3.8, 4) is 11.1 Å². The molecule has 4 rings (SSSR count). The summed E-state index contributed by atoms with van der Waals surface area (Å²) in [5, 5.41) is 9.58. The van der Waals surface area contributed by atoms with Crippen molar-refractivity contribution in [1.29, 1.82) is 0 Å². The van der Waals surface area contributed by atoms with Gasteiger partial charge in [-0.15, -0.1) is 0 Å². The highest BCUT2D eigenvalue weighted by molar-refractivity contribution is 6.13. The first-order valence-corrected chi connectivity index (χ1v) is 9.83. The molecule has 0 spiro atoms. The van der Waals surface area contributed by atoms with Crippen molar-refractivity contribution in [1.82, 2.24) is 0 Å². The second kappa shape index (κ2) is 8.97. The Hall–Kier alpha value is -4.07. The van der Waals surface area contributed by atoms with Gasteiger partial charge in [-0.3, -0.25) is 9.59 Å². The van der Waals surface area contributed by atoms with E-state index >= 15 is 0 Å². The molecule has 8 heteroatoms. The minimum absolute atomic E-state index is 0.0920. The van der Waals surface area contributed by atoms with Crippen LogP contribution in [0.25, 0.3) is 11.1 Å². The minimum Gasteiger partial charge on any atom is -0.478 e. The first kappa shape index (κ1) is 22.6. The van der Waals surface area contributed by atoms with Gasteiger partial charge in [0.15, 0.2) is 11.6 Å². The van der Waals surface area contributed by atoms with E-state index in [1.165, 1.54) is 41.3 Å². The number of carbonyl (C=O) groups excluding carboxylic acids is 2. The molecule has 1 aliphatic heterocycles. The van der Waals surface area contributed by atoms with Crippen LogP contribution in [0.5, 0.6) is 0 Å². The van der Waals surface area contributed by atoms with E-state index in [-0.39, 0.29) is 28.9 Å². The quantitative estimate of drug-likeness (QED) is 0.621. The van der Waals surface area contributed by atoms with E-state index in [0.717, 1.165) is 12.1 Å². The van der Waals surface area contributed by atoms with Crippen molar-refractivity contribution < 1.29 is 28.3 Å². The maximum Gasteiger partial charge on any atom is 0.337 e. The molecule has 2 amide bonds. The van der Waals surface area contributed by atoms with Gasteiger partial charge in [0.1, 0.15) is 0 Å². The van der Waals surface area contributed by atoms with Gasteiger partial charge in [-0.05, 0) is 53.1 Å². The molecule has 3 aromatic rings. The zero-order valence-corrected chi connectivity index (χ0v) is 17.4. The first-order valence-electron chi connectivity index (χ1n) is 9.83. The molecule has 0 saturated carbocycles. The average molecular weight is 438 g/mol. The number of benzene rings is 3. The summed E-state index contributed by atoms with van der Waals surface area (Å²) in [6, 6.07) is 12.0. The number of primary amides is 1. The van der Waals surface area contributed by atoms with Crippen molar-refractivity contribution in [2.45, 2.75) is 20.4 Å². The van der Waals surface area contributed by atoms with Crippen molar-refractivity contribution >= 4 is 23.5 Å². The van der Waals surface area contributed by atoms with Crippen LogP contribution in [0.15, 0.2) is 54.6 Å². The van der Waals surface area contributed by atoms with Crippen LogP contribution in [0.3, 0.4) is 0 Å². The molecule has 0 aliphatic carbocycles. The fourth-order valence-electron chi connectivity index (χ4n) is 3.44. The summed E-state index contributed by atoms with van der Waals surface area (Å²) in [5.41, 5.74) is 7.01. The molecule has 0 radical (unpaired) electrons. The molecule has 1 heterocycles. The predicted octanol–water partition coefficient (Wildman–Crippen LogP) is 4.62. The van der Waals surface area contributed by atoms with Crippen LogP contribution in [-0.4, -0.2) is 22.9 Å². The molecule has 6 nitrogen and oxygen atoms in total. The van der Waals surface area contributed by atoms with Gasteiger partial charge in [0.25, 0.3) is 5.91 Å². The van der Waals surface area contributed by atoms with E-state index in [0.29, 0.717) is 16.7 Å². The van der Waals surface area contributed by atoms with Crippen LogP contribution >= 0.6 is 0 Å². The Morgan fingerprint density at radius 3 is 2.22 bits per heavy atom. The highest BCUT2D eigenvalue weighted by Gasteiger charge is 2.32. The summed E-state index contributed by atoms with van der Waals surface area (Å²) in [6.07, 6.45) is 0. The summed E-state index contributed by atoms with van der Waals surface area (Å²) in [4.78, 5) is 37.4. The number of rotatable bonds is 4. The van der Waals surface area contributed by atoms with Gasteiger partial charge in [-0.25, -0.2) is 13.6 Å². The molecular weight excluding hydrogens is 418 g/mol. The van der Waals surface area contributed by atoms with Gasteiger partial charge in [0, 0.05) is 11.1 Å². The molecule has 3 aromatic carbocycles. The Bertz CT molecular complexity index is 1240. The van der Waals surface area contributed by atoms with Gasteiger partial charge >= 0.3 is 5.97 Å². The maximum atomic E-state index is 13.6. The average Bonchev–Trinajstić information content (AvgIpc) is 3.12. The van der Waals surface area contributed by atoms with Crippen LogP contribution < -0.4 is 10.6 Å². The largest absolute Gasteiger partial charge is 0.478 e. The SMILES string of the molecule is CC.NC(=O)c1ccc2c(c1)C(=O)N(c1cc(-c3ccc(F)c(F)c3)ccc1C(=O)O)C2. The number of aromatic carboxylic acids is 1. The number of hydrogen-bond donors (Lipinski definition) is 2. The molecule has 0 unspecified atom stereocenters. The molecule has 32 heavy (non-hydrogen) atoms. The molecule has 0 fully saturated rings. The van der Waals surface area contributed by atoms with Crippen molar-refractivity contribution in [3.05, 3.63) is 88.5 Å². The number of nitrogens with two attached hydrogens (primary N) is 1. The van der Waals surface area contributed by atoms with E-state index in [1.54, 1.807) is 6.07 Å². The third-order valence-corrected chi connectivity index (χ3v) is 4.97. The fourth-order valence-corrected chi connectivity index (χ4v) is 3.44. The highest BCUT2D eigenvalue weighted by Crippen LogP contribution is 2.34. The van der Waals surface area contributed by atoms with E-state index in [2.05, 4.69) is 0 Å². The molecule has 3 N–H and O–H groups in total. The molecule has 0 atom stereocenters. The van der Waals surface area contributed by atoms with Gasteiger partial charge in [-0.1, -0.05) is 32.0 Å². The summed E-state index contributed by atoms with van der Waals surface area (Å²) >= 11 is 0. The third-order valence-electron chi connectivity index (χ3n) is 4.97. The van der Waals surface area contributed by atoms with Crippen LogP contribution in [0.2, 0.25) is 0 Å². The lowest BCUT2D eigenvalue weighted by molar-refractivity contribution is 0.0697. The molecular formula is C24H20F2N2O4.